The second-order valence-electron chi connectivity index (χ2n) is 4.36. The van der Waals surface area contributed by atoms with Gasteiger partial charge in [0.25, 0.3) is 5.91 Å². The number of nitrogens with two attached hydrogens (primary N) is 1. The van der Waals surface area contributed by atoms with Gasteiger partial charge in [0.05, 0.1) is 0 Å². The zero-order valence-electron chi connectivity index (χ0n) is 11.4. The molecule has 0 saturated heterocycles. The Morgan fingerprint density at radius 3 is 2.72 bits per heavy atom. The lowest BCUT2D eigenvalue weighted by Gasteiger charge is -2.27. The van der Waals surface area contributed by atoms with Gasteiger partial charge in [-0.05, 0) is 31.7 Å². The van der Waals surface area contributed by atoms with E-state index >= 15 is 0 Å². The number of rotatable bonds is 5. The van der Waals surface area contributed by atoms with E-state index in [4.69, 9.17) is 5.73 Å². The molecule has 0 aliphatic carbocycles. The molecule has 0 radical (unpaired) electrons. The van der Waals surface area contributed by atoms with Crippen molar-refractivity contribution < 1.29 is 4.79 Å². The molecule has 2 N–H and O–H groups in total. The predicted octanol–water partition coefficient (Wildman–Crippen LogP) is 2.19. The minimum atomic E-state index is 0.00750. The number of hydrogen-bond donors (Lipinski definition) is 1. The van der Waals surface area contributed by atoms with E-state index in [9.17, 15) is 4.79 Å². The summed E-state index contributed by atoms with van der Waals surface area (Å²) >= 11 is 1.75. The van der Waals surface area contributed by atoms with Crippen LogP contribution in [0.3, 0.4) is 0 Å². The molecule has 0 aliphatic rings. The van der Waals surface area contributed by atoms with Crippen LogP contribution in [-0.4, -0.2) is 40.9 Å². The highest BCUT2D eigenvalue weighted by Crippen LogP contribution is 2.14. The van der Waals surface area contributed by atoms with Crippen LogP contribution in [0.15, 0.2) is 12.1 Å². The van der Waals surface area contributed by atoms with Crippen LogP contribution < -0.4 is 5.73 Å². The number of carbonyl (C=O) groups is 1. The number of aromatic nitrogens is 1. The molecule has 100 valence electrons. The van der Waals surface area contributed by atoms with Crippen LogP contribution in [-0.2, 0) is 0 Å². The topological polar surface area (TPSA) is 59.2 Å². The molecule has 0 bridgehead atoms. The smallest absolute Gasteiger partial charge is 0.254 e. The first-order valence-electron chi connectivity index (χ1n) is 5.99. The monoisotopic (exact) mass is 267 g/mol. The van der Waals surface area contributed by atoms with Crippen LogP contribution in [0.5, 0.6) is 0 Å². The van der Waals surface area contributed by atoms with Crippen molar-refractivity contribution in [1.29, 1.82) is 0 Å². The summed E-state index contributed by atoms with van der Waals surface area (Å²) in [6.45, 7) is 3.93. The number of pyridine rings is 1. The van der Waals surface area contributed by atoms with Gasteiger partial charge in [0, 0.05) is 30.1 Å². The van der Waals surface area contributed by atoms with Crippen LogP contribution in [0.4, 0.5) is 5.82 Å². The Kier molecular flexibility index (Phi) is 5.47. The summed E-state index contributed by atoms with van der Waals surface area (Å²) in [5, 5.41) is 0. The first-order chi connectivity index (χ1) is 8.49. The largest absolute Gasteiger partial charge is 0.384 e. The normalized spacial score (nSPS) is 12.2. The average molecular weight is 267 g/mol. The van der Waals surface area contributed by atoms with Crippen molar-refractivity contribution in [2.75, 3.05) is 24.8 Å². The van der Waals surface area contributed by atoms with E-state index < -0.39 is 0 Å². The van der Waals surface area contributed by atoms with Crippen molar-refractivity contribution >= 4 is 23.5 Å². The number of nitrogen functional groups attached to an aromatic ring is 1. The summed E-state index contributed by atoms with van der Waals surface area (Å²) in [4.78, 5) is 18.2. The Morgan fingerprint density at radius 1 is 1.56 bits per heavy atom. The number of amides is 1. The van der Waals surface area contributed by atoms with Gasteiger partial charge >= 0.3 is 0 Å². The minimum absolute atomic E-state index is 0.00750. The predicted molar refractivity (Wildman–Crippen MR) is 77.9 cm³/mol. The van der Waals surface area contributed by atoms with Crippen molar-refractivity contribution in [2.45, 2.75) is 26.3 Å². The van der Waals surface area contributed by atoms with Crippen molar-refractivity contribution in [1.82, 2.24) is 9.88 Å². The lowest BCUT2D eigenvalue weighted by Crippen LogP contribution is -2.38. The number of nitrogens with zero attached hydrogens (tertiary/aromatic N) is 2. The highest BCUT2D eigenvalue weighted by Gasteiger charge is 2.19. The maximum absolute atomic E-state index is 12.4. The minimum Gasteiger partial charge on any atom is -0.384 e. The van der Waals surface area contributed by atoms with Crippen molar-refractivity contribution in [3.63, 3.8) is 0 Å². The molecule has 1 atom stereocenters. The lowest BCUT2D eigenvalue weighted by atomic mass is 10.1. The van der Waals surface area contributed by atoms with E-state index in [2.05, 4.69) is 18.2 Å². The fraction of sp³-hybridized carbons (Fsp3) is 0.538. The number of anilines is 1. The van der Waals surface area contributed by atoms with Gasteiger partial charge in [-0.25, -0.2) is 4.98 Å². The molecule has 0 spiro atoms. The summed E-state index contributed by atoms with van der Waals surface area (Å²) in [7, 11) is 1.85. The maximum Gasteiger partial charge on any atom is 0.254 e. The molecule has 18 heavy (non-hydrogen) atoms. The Balaban J connectivity index is 2.91. The average Bonchev–Trinajstić information content (AvgIpc) is 2.33. The van der Waals surface area contributed by atoms with Crippen LogP contribution in [0, 0.1) is 6.92 Å². The summed E-state index contributed by atoms with van der Waals surface area (Å²) in [6.07, 6.45) is 3.00. The van der Waals surface area contributed by atoms with Crippen molar-refractivity contribution in [3.8, 4) is 0 Å². The summed E-state index contributed by atoms with van der Waals surface area (Å²) in [5.41, 5.74) is 7.06. The van der Waals surface area contributed by atoms with Gasteiger partial charge in [0.1, 0.15) is 5.82 Å². The second-order valence-corrected chi connectivity index (χ2v) is 5.27. The summed E-state index contributed by atoms with van der Waals surface area (Å²) in [5.74, 6) is 1.34. The molecule has 1 heterocycles. The van der Waals surface area contributed by atoms with E-state index in [0.29, 0.717) is 11.4 Å². The number of aryl methyl sites for hydroxylation is 1. The first kappa shape index (κ1) is 14.8. The third kappa shape index (κ3) is 3.63. The van der Waals surface area contributed by atoms with Gasteiger partial charge in [-0.15, -0.1) is 0 Å². The standard InChI is InChI=1S/C13H21N3OS/c1-5-11(8-18-4)16(3)13(17)10-6-9(2)15-12(14)7-10/h6-7,11H,5,8H2,1-4H3,(H2,14,15). The van der Waals surface area contributed by atoms with Crippen LogP contribution in [0.25, 0.3) is 0 Å². The van der Waals surface area contributed by atoms with E-state index in [1.165, 1.54) is 0 Å². The fourth-order valence-corrected chi connectivity index (χ4v) is 2.73. The van der Waals surface area contributed by atoms with Gasteiger partial charge in [-0.1, -0.05) is 6.92 Å². The van der Waals surface area contributed by atoms with Gasteiger partial charge in [-0.3, -0.25) is 4.79 Å². The number of carbonyl (C=O) groups excluding carboxylic acids is 1. The lowest BCUT2D eigenvalue weighted by molar-refractivity contribution is 0.0743. The van der Waals surface area contributed by atoms with E-state index in [1.807, 2.05) is 14.0 Å². The Hall–Kier alpha value is -1.23. The molecule has 1 aromatic rings. The van der Waals surface area contributed by atoms with Crippen molar-refractivity contribution in [2.24, 2.45) is 0 Å². The molecular weight excluding hydrogens is 246 g/mol. The van der Waals surface area contributed by atoms with Crippen LogP contribution in [0.1, 0.15) is 29.4 Å². The quantitative estimate of drug-likeness (QED) is 0.888. The highest BCUT2D eigenvalue weighted by atomic mass is 32.2. The molecule has 0 saturated carbocycles. The molecule has 0 aliphatic heterocycles. The molecule has 0 aromatic carbocycles. The van der Waals surface area contributed by atoms with Crippen LogP contribution in [0.2, 0.25) is 0 Å². The second kappa shape index (κ2) is 6.64. The molecule has 1 amide bonds. The molecule has 5 heteroatoms. The Labute approximate surface area is 113 Å². The SMILES string of the molecule is CCC(CSC)N(C)C(=O)c1cc(C)nc(N)c1. The zero-order chi connectivity index (χ0) is 13.7. The highest BCUT2D eigenvalue weighted by molar-refractivity contribution is 7.98. The molecule has 0 fully saturated rings. The van der Waals surface area contributed by atoms with Gasteiger partial charge in [0.2, 0.25) is 0 Å². The number of thioether (sulfide) groups is 1. The fourth-order valence-electron chi connectivity index (χ4n) is 1.88. The van der Waals surface area contributed by atoms with Gasteiger partial charge in [-0.2, -0.15) is 11.8 Å². The Morgan fingerprint density at radius 2 is 2.22 bits per heavy atom. The van der Waals surface area contributed by atoms with Gasteiger partial charge < -0.3 is 10.6 Å². The van der Waals surface area contributed by atoms with Crippen molar-refractivity contribution in [3.05, 3.63) is 23.4 Å². The van der Waals surface area contributed by atoms with E-state index in [-0.39, 0.29) is 11.9 Å². The number of hydrogen-bond acceptors (Lipinski definition) is 4. The third-order valence-corrected chi connectivity index (χ3v) is 3.64. The summed E-state index contributed by atoms with van der Waals surface area (Å²) < 4.78 is 0. The summed E-state index contributed by atoms with van der Waals surface area (Å²) in [6, 6.07) is 3.67. The van der Waals surface area contributed by atoms with Gasteiger partial charge in [0.15, 0.2) is 0 Å². The van der Waals surface area contributed by atoms with E-state index in [0.717, 1.165) is 17.9 Å². The van der Waals surface area contributed by atoms with E-state index in [1.54, 1.807) is 28.8 Å². The Bertz CT molecular complexity index is 402. The molecule has 1 aromatic heterocycles. The zero-order valence-corrected chi connectivity index (χ0v) is 12.3. The third-order valence-electron chi connectivity index (χ3n) is 2.92. The van der Waals surface area contributed by atoms with Crippen LogP contribution >= 0.6 is 11.8 Å². The molecule has 1 unspecified atom stereocenters. The molecule has 4 nitrogen and oxygen atoms in total. The first-order valence-corrected chi connectivity index (χ1v) is 7.39. The maximum atomic E-state index is 12.4. The molecule has 1 rings (SSSR count). The molecular formula is C13H21N3OS.